The van der Waals surface area contributed by atoms with Gasteiger partial charge in [-0.05, 0) is 121 Å². The molecule has 0 spiro atoms. The van der Waals surface area contributed by atoms with E-state index in [1.54, 1.807) is 0 Å². The van der Waals surface area contributed by atoms with Crippen LogP contribution in [0.25, 0.3) is 105 Å². The first kappa shape index (κ1) is 41.0. The Kier molecular flexibility index (Phi) is 10.2. The van der Waals surface area contributed by atoms with Gasteiger partial charge in [-0.15, -0.1) is 0 Å². The number of fused-ring (bicyclic) bond motifs is 6. The summed E-state index contributed by atoms with van der Waals surface area (Å²) in [4.78, 5) is 2.44. The first-order chi connectivity index (χ1) is 34.8. The van der Waals surface area contributed by atoms with E-state index in [0.717, 1.165) is 50.6 Å². The Labute approximate surface area is 408 Å². The van der Waals surface area contributed by atoms with Crippen molar-refractivity contribution in [2.24, 2.45) is 0 Å². The molecule has 70 heavy (non-hydrogen) atoms. The average molecular weight is 891 g/mol. The first-order valence-electron chi connectivity index (χ1n) is 24.1. The molecule has 0 N–H and O–H groups in total. The van der Waals surface area contributed by atoms with Gasteiger partial charge in [0.05, 0.1) is 16.7 Å². The van der Waals surface area contributed by atoms with Crippen LogP contribution in [0.3, 0.4) is 0 Å². The number of para-hydroxylation sites is 4. The number of anilines is 3. The van der Waals surface area contributed by atoms with E-state index in [4.69, 9.17) is 0 Å². The van der Waals surface area contributed by atoms with Gasteiger partial charge < -0.3 is 9.47 Å². The van der Waals surface area contributed by atoms with Gasteiger partial charge >= 0.3 is 0 Å². The summed E-state index contributed by atoms with van der Waals surface area (Å²) in [6, 6.07) is 102. The fraction of sp³-hybridized carbons (Fsp3) is 0. The van der Waals surface area contributed by atoms with Gasteiger partial charge in [-0.3, -0.25) is 0 Å². The summed E-state index contributed by atoms with van der Waals surface area (Å²) >= 11 is 0. The van der Waals surface area contributed by atoms with E-state index in [2.05, 4.69) is 289 Å². The van der Waals surface area contributed by atoms with E-state index >= 15 is 0 Å². The van der Waals surface area contributed by atoms with E-state index in [0.29, 0.717) is 0 Å². The van der Waals surface area contributed by atoms with E-state index < -0.39 is 0 Å². The maximum atomic E-state index is 2.44. The second-order valence-corrected chi connectivity index (χ2v) is 18.0. The fourth-order valence-corrected chi connectivity index (χ4v) is 10.9. The minimum absolute atomic E-state index is 1.07. The minimum atomic E-state index is 1.07. The average Bonchev–Trinajstić information content (AvgIpc) is 3.78. The second-order valence-electron chi connectivity index (χ2n) is 18.0. The molecule has 0 aliphatic heterocycles. The molecule has 0 aliphatic rings. The monoisotopic (exact) mass is 890 g/mol. The molecule has 0 saturated carbocycles. The summed E-state index contributed by atoms with van der Waals surface area (Å²) in [7, 11) is 0. The highest BCUT2D eigenvalue weighted by Gasteiger charge is 2.22. The molecule has 0 aliphatic carbocycles. The Bertz CT molecular complexity index is 4040. The van der Waals surface area contributed by atoms with Crippen molar-refractivity contribution in [2.45, 2.75) is 0 Å². The standard InChI is InChI=1S/C68H46N2/c1-5-22-47(23-6-1)56-34-15-17-40-64(56)69(55-33-20-29-52(45-55)57-38-21-39-62-60-36-16-18-41-65(60)70(68(57)62)53-30-11-4-12-31-53)54-32-19-28-50(44-54)51-42-43-59-58-35-13-14-37-61(58)66(48-24-7-2-8-25-48)67(63(59)46-51)49-26-9-3-10-27-49/h1-46H. The van der Waals surface area contributed by atoms with Gasteiger partial charge in [0.25, 0.3) is 0 Å². The molecule has 1 aromatic heterocycles. The molecule has 2 heteroatoms. The highest BCUT2D eigenvalue weighted by molar-refractivity contribution is 6.22. The third-order valence-electron chi connectivity index (χ3n) is 13.9. The van der Waals surface area contributed by atoms with Gasteiger partial charge in [-0.25, -0.2) is 0 Å². The lowest BCUT2D eigenvalue weighted by molar-refractivity contribution is 1.18. The third kappa shape index (κ3) is 7.05. The maximum absolute atomic E-state index is 2.44. The second kappa shape index (κ2) is 17.4. The summed E-state index contributed by atoms with van der Waals surface area (Å²) < 4.78 is 2.43. The highest BCUT2D eigenvalue weighted by atomic mass is 15.1. The van der Waals surface area contributed by atoms with Crippen LogP contribution in [0.5, 0.6) is 0 Å². The Morgan fingerprint density at radius 2 is 0.729 bits per heavy atom. The number of benzene rings is 12. The van der Waals surface area contributed by atoms with Crippen molar-refractivity contribution in [3.8, 4) is 61.3 Å². The van der Waals surface area contributed by atoms with Crippen LogP contribution in [-0.2, 0) is 0 Å². The molecule has 0 unspecified atom stereocenters. The molecule has 0 bridgehead atoms. The molecule has 0 amide bonds. The van der Waals surface area contributed by atoms with Crippen LogP contribution < -0.4 is 4.90 Å². The van der Waals surface area contributed by atoms with Gasteiger partial charge in [-0.2, -0.15) is 0 Å². The van der Waals surface area contributed by atoms with Crippen LogP contribution >= 0.6 is 0 Å². The molecule has 13 rings (SSSR count). The van der Waals surface area contributed by atoms with Crippen molar-refractivity contribution in [3.63, 3.8) is 0 Å². The lowest BCUT2D eigenvalue weighted by Gasteiger charge is -2.29. The van der Waals surface area contributed by atoms with Crippen molar-refractivity contribution in [1.29, 1.82) is 0 Å². The van der Waals surface area contributed by atoms with Crippen molar-refractivity contribution >= 4 is 60.4 Å². The number of hydrogen-bond donors (Lipinski definition) is 0. The third-order valence-corrected chi connectivity index (χ3v) is 13.9. The molecule has 0 saturated heterocycles. The Hall–Kier alpha value is -9.24. The Balaban J connectivity index is 1.02. The quantitative estimate of drug-likeness (QED) is 0.131. The van der Waals surface area contributed by atoms with Gasteiger partial charge in [-0.1, -0.05) is 224 Å². The molecule has 328 valence electrons. The zero-order chi connectivity index (χ0) is 46.4. The largest absolute Gasteiger partial charge is 0.310 e. The summed E-state index contributed by atoms with van der Waals surface area (Å²) in [5, 5.41) is 7.44. The van der Waals surface area contributed by atoms with E-state index in [1.807, 2.05) is 0 Å². The number of hydrogen-bond acceptors (Lipinski definition) is 1. The van der Waals surface area contributed by atoms with Crippen LogP contribution in [-0.4, -0.2) is 4.57 Å². The lowest BCUT2D eigenvalue weighted by atomic mass is 9.84. The number of nitrogens with zero attached hydrogens (tertiary/aromatic N) is 2. The zero-order valence-electron chi connectivity index (χ0n) is 38.5. The van der Waals surface area contributed by atoms with Crippen molar-refractivity contribution in [1.82, 2.24) is 4.57 Å². The molecule has 0 fully saturated rings. The maximum Gasteiger partial charge on any atom is 0.0619 e. The van der Waals surface area contributed by atoms with Crippen LogP contribution in [0.2, 0.25) is 0 Å². The number of rotatable bonds is 9. The lowest BCUT2D eigenvalue weighted by Crippen LogP contribution is -2.11. The highest BCUT2D eigenvalue weighted by Crippen LogP contribution is 2.48. The SMILES string of the molecule is c1ccc(-c2ccccc2N(c2cccc(-c3ccc4c(c3)c(-c3ccccc3)c(-c3ccccc3)c3ccccc34)c2)c2cccc(-c3cccc4c5ccccc5n(-c5ccccc5)c34)c2)cc1. The molecule has 2 nitrogen and oxygen atoms in total. The van der Waals surface area contributed by atoms with E-state index in [-0.39, 0.29) is 0 Å². The summed E-state index contributed by atoms with van der Waals surface area (Å²) in [5.41, 5.74) is 18.6. The molecule has 13 aromatic rings. The van der Waals surface area contributed by atoms with Crippen molar-refractivity contribution in [3.05, 3.63) is 279 Å². The molecular weight excluding hydrogens is 845 g/mol. The predicted octanol–water partition coefficient (Wildman–Crippen LogP) is 18.9. The summed E-state index contributed by atoms with van der Waals surface area (Å²) in [5.74, 6) is 0. The Morgan fingerprint density at radius 3 is 1.44 bits per heavy atom. The zero-order valence-corrected chi connectivity index (χ0v) is 38.5. The topological polar surface area (TPSA) is 8.17 Å². The Morgan fingerprint density at radius 1 is 0.257 bits per heavy atom. The minimum Gasteiger partial charge on any atom is -0.310 e. The van der Waals surface area contributed by atoms with Crippen molar-refractivity contribution in [2.75, 3.05) is 4.90 Å². The van der Waals surface area contributed by atoms with Gasteiger partial charge in [0.2, 0.25) is 0 Å². The predicted molar refractivity (Wildman–Crippen MR) is 298 cm³/mol. The van der Waals surface area contributed by atoms with Gasteiger partial charge in [0.1, 0.15) is 0 Å². The van der Waals surface area contributed by atoms with Gasteiger partial charge in [0.15, 0.2) is 0 Å². The van der Waals surface area contributed by atoms with Crippen LogP contribution in [0.1, 0.15) is 0 Å². The molecule has 0 atom stereocenters. The van der Waals surface area contributed by atoms with Crippen molar-refractivity contribution < 1.29 is 0 Å². The smallest absolute Gasteiger partial charge is 0.0619 e. The summed E-state index contributed by atoms with van der Waals surface area (Å²) in [6.07, 6.45) is 0. The van der Waals surface area contributed by atoms with E-state index in [1.165, 1.54) is 71.2 Å². The van der Waals surface area contributed by atoms with E-state index in [9.17, 15) is 0 Å². The first-order valence-corrected chi connectivity index (χ1v) is 24.1. The van der Waals surface area contributed by atoms with Crippen LogP contribution in [0, 0.1) is 0 Å². The molecule has 12 aromatic carbocycles. The molecular formula is C68H46N2. The fourth-order valence-electron chi connectivity index (χ4n) is 10.9. The molecule has 1 heterocycles. The molecule has 0 radical (unpaired) electrons. The summed E-state index contributed by atoms with van der Waals surface area (Å²) in [6.45, 7) is 0. The van der Waals surface area contributed by atoms with Crippen LogP contribution in [0.4, 0.5) is 17.1 Å². The number of aromatic nitrogens is 1. The normalized spacial score (nSPS) is 11.4. The van der Waals surface area contributed by atoms with Crippen LogP contribution in [0.15, 0.2) is 279 Å². The van der Waals surface area contributed by atoms with Gasteiger partial charge in [0, 0.05) is 39.0 Å².